The average Bonchev–Trinajstić information content (AvgIpc) is 2.81. The summed E-state index contributed by atoms with van der Waals surface area (Å²) in [4.78, 5) is 33.6. The van der Waals surface area contributed by atoms with Crippen LogP contribution in [0.5, 0.6) is 0 Å². The van der Waals surface area contributed by atoms with Crippen molar-refractivity contribution in [1.82, 2.24) is 16.0 Å². The molecule has 32 heavy (non-hydrogen) atoms. The molecule has 0 radical (unpaired) electrons. The van der Waals surface area contributed by atoms with Crippen LogP contribution < -0.4 is 16.0 Å². The van der Waals surface area contributed by atoms with Gasteiger partial charge in [-0.1, -0.05) is 26.7 Å². The predicted molar refractivity (Wildman–Crippen MR) is 124 cm³/mol. The minimum absolute atomic E-state index is 0.211. The molecule has 0 aromatic carbocycles. The van der Waals surface area contributed by atoms with E-state index in [-0.39, 0.29) is 17.7 Å². The number of amides is 3. The lowest BCUT2D eigenvalue weighted by atomic mass is 10.0. The molecule has 3 N–H and O–H groups in total. The first kappa shape index (κ1) is 29.5. The summed E-state index contributed by atoms with van der Waals surface area (Å²) in [6.07, 6.45) is 6.33. The smallest absolute Gasteiger partial charge is 0.243 e. The van der Waals surface area contributed by atoms with Gasteiger partial charge in [0, 0.05) is 39.5 Å². The third-order valence-corrected chi connectivity index (χ3v) is 4.49. The molecule has 0 spiro atoms. The van der Waals surface area contributed by atoms with E-state index in [1.54, 1.807) is 0 Å². The standard InChI is InChI=1S/C23H39N3O6/c1-5-20(27)24-12-9-15-30-18-23(8-4,32-17-11-14-26-22(29)7-3)19-31-16-10-13-25-21(28)6-2/h5-7H,1-3,8-19H2,4H3,(H,24,27)(H,25,28)(H,26,29). The maximum absolute atomic E-state index is 11.2. The molecule has 0 aromatic rings. The van der Waals surface area contributed by atoms with Gasteiger partial charge < -0.3 is 30.2 Å². The zero-order chi connectivity index (χ0) is 24.1. The normalized spacial score (nSPS) is 10.8. The summed E-state index contributed by atoms with van der Waals surface area (Å²) < 4.78 is 17.7. The number of hydrogen-bond donors (Lipinski definition) is 3. The molecule has 3 amide bonds. The van der Waals surface area contributed by atoms with Crippen molar-refractivity contribution in [2.45, 2.75) is 38.2 Å². The number of carbonyl (C=O) groups excluding carboxylic acids is 3. The van der Waals surface area contributed by atoms with Crippen LogP contribution in [0.3, 0.4) is 0 Å². The quantitative estimate of drug-likeness (QED) is 0.178. The monoisotopic (exact) mass is 453 g/mol. The van der Waals surface area contributed by atoms with E-state index in [0.29, 0.717) is 78.4 Å². The third kappa shape index (κ3) is 15.3. The Balaban J connectivity index is 4.47. The molecular formula is C23H39N3O6. The highest BCUT2D eigenvalue weighted by Gasteiger charge is 2.30. The Bertz CT molecular complexity index is 562. The SMILES string of the molecule is C=CC(=O)NCCCOCC(CC)(COCCCNC(=O)C=C)OCCCNC(=O)C=C. The average molecular weight is 454 g/mol. The van der Waals surface area contributed by atoms with Crippen LogP contribution >= 0.6 is 0 Å². The fourth-order valence-electron chi connectivity index (χ4n) is 2.51. The molecule has 0 saturated heterocycles. The molecule has 0 bridgehead atoms. The van der Waals surface area contributed by atoms with Crippen LogP contribution in [0.25, 0.3) is 0 Å². The Hall–Kier alpha value is -2.49. The van der Waals surface area contributed by atoms with Crippen molar-refractivity contribution in [3.8, 4) is 0 Å². The van der Waals surface area contributed by atoms with E-state index in [2.05, 4.69) is 35.7 Å². The van der Waals surface area contributed by atoms with Gasteiger partial charge >= 0.3 is 0 Å². The molecule has 0 fully saturated rings. The number of ether oxygens (including phenoxy) is 3. The van der Waals surface area contributed by atoms with Crippen molar-refractivity contribution >= 4 is 17.7 Å². The van der Waals surface area contributed by atoms with Crippen molar-refractivity contribution < 1.29 is 28.6 Å². The first-order valence-electron chi connectivity index (χ1n) is 10.9. The van der Waals surface area contributed by atoms with Gasteiger partial charge in [0.2, 0.25) is 17.7 Å². The van der Waals surface area contributed by atoms with E-state index < -0.39 is 5.60 Å². The largest absolute Gasteiger partial charge is 0.378 e. The summed E-state index contributed by atoms with van der Waals surface area (Å²) in [5, 5.41) is 8.12. The summed E-state index contributed by atoms with van der Waals surface area (Å²) in [5.41, 5.74) is -0.628. The second-order valence-electron chi connectivity index (χ2n) is 7.04. The second kappa shape index (κ2) is 19.2. The van der Waals surface area contributed by atoms with Gasteiger partial charge in [-0.25, -0.2) is 0 Å². The van der Waals surface area contributed by atoms with Crippen molar-refractivity contribution in [3.05, 3.63) is 38.0 Å². The van der Waals surface area contributed by atoms with E-state index in [4.69, 9.17) is 14.2 Å². The number of carbonyl (C=O) groups is 3. The lowest BCUT2D eigenvalue weighted by Gasteiger charge is -2.32. The van der Waals surface area contributed by atoms with E-state index in [1.807, 2.05) is 6.92 Å². The summed E-state index contributed by atoms with van der Waals surface area (Å²) in [6, 6.07) is 0. The van der Waals surface area contributed by atoms with Gasteiger partial charge in [-0.2, -0.15) is 0 Å². The fraction of sp³-hybridized carbons (Fsp3) is 0.609. The highest BCUT2D eigenvalue weighted by Crippen LogP contribution is 2.18. The Morgan fingerprint density at radius 2 is 1.09 bits per heavy atom. The molecule has 0 aliphatic heterocycles. The van der Waals surface area contributed by atoms with Crippen LogP contribution in [0, 0.1) is 0 Å². The van der Waals surface area contributed by atoms with Gasteiger partial charge in [-0.05, 0) is 43.9 Å². The minimum Gasteiger partial charge on any atom is -0.378 e. The topological polar surface area (TPSA) is 115 Å². The van der Waals surface area contributed by atoms with Crippen LogP contribution in [0.15, 0.2) is 38.0 Å². The lowest BCUT2D eigenvalue weighted by Crippen LogP contribution is -2.43. The maximum Gasteiger partial charge on any atom is 0.243 e. The van der Waals surface area contributed by atoms with Crippen molar-refractivity contribution in [3.63, 3.8) is 0 Å². The molecule has 0 heterocycles. The minimum atomic E-state index is -0.628. The molecule has 0 aliphatic carbocycles. The first-order valence-corrected chi connectivity index (χ1v) is 10.9. The number of nitrogens with one attached hydrogen (secondary N) is 3. The van der Waals surface area contributed by atoms with Crippen LogP contribution in [0.1, 0.15) is 32.6 Å². The highest BCUT2D eigenvalue weighted by molar-refractivity contribution is 5.87. The Morgan fingerprint density at radius 3 is 1.44 bits per heavy atom. The Kier molecular flexibility index (Phi) is 17.7. The van der Waals surface area contributed by atoms with Gasteiger partial charge in [-0.15, -0.1) is 0 Å². The van der Waals surface area contributed by atoms with Gasteiger partial charge in [0.1, 0.15) is 5.60 Å². The summed E-state index contributed by atoms with van der Waals surface area (Å²) in [7, 11) is 0. The zero-order valence-corrected chi connectivity index (χ0v) is 19.3. The lowest BCUT2D eigenvalue weighted by molar-refractivity contribution is -0.139. The van der Waals surface area contributed by atoms with E-state index in [0.717, 1.165) is 0 Å². The summed E-state index contributed by atoms with van der Waals surface area (Å²) >= 11 is 0. The number of rotatable bonds is 21. The molecule has 0 aliphatic rings. The van der Waals surface area contributed by atoms with Gasteiger partial charge in [-0.3, -0.25) is 14.4 Å². The molecule has 0 aromatic heterocycles. The number of hydrogen-bond acceptors (Lipinski definition) is 6. The van der Waals surface area contributed by atoms with Gasteiger partial charge in [0.15, 0.2) is 0 Å². The molecule has 9 heteroatoms. The Morgan fingerprint density at radius 1 is 0.719 bits per heavy atom. The zero-order valence-electron chi connectivity index (χ0n) is 19.3. The fourth-order valence-corrected chi connectivity index (χ4v) is 2.51. The highest BCUT2D eigenvalue weighted by atomic mass is 16.6. The van der Waals surface area contributed by atoms with E-state index >= 15 is 0 Å². The van der Waals surface area contributed by atoms with Crippen LogP contribution in [0.2, 0.25) is 0 Å². The summed E-state index contributed by atoms with van der Waals surface area (Å²) in [5.74, 6) is -0.638. The summed E-state index contributed by atoms with van der Waals surface area (Å²) in [6.45, 7) is 15.8. The molecule has 0 atom stereocenters. The van der Waals surface area contributed by atoms with Crippen molar-refractivity contribution in [1.29, 1.82) is 0 Å². The molecule has 0 saturated carbocycles. The van der Waals surface area contributed by atoms with Gasteiger partial charge in [0.05, 0.1) is 13.2 Å². The molecular weight excluding hydrogens is 414 g/mol. The van der Waals surface area contributed by atoms with Crippen LogP contribution in [-0.4, -0.2) is 76.0 Å². The van der Waals surface area contributed by atoms with Crippen LogP contribution in [0.4, 0.5) is 0 Å². The first-order chi connectivity index (χ1) is 15.4. The molecule has 0 unspecified atom stereocenters. The van der Waals surface area contributed by atoms with Crippen LogP contribution in [-0.2, 0) is 28.6 Å². The molecule has 182 valence electrons. The van der Waals surface area contributed by atoms with E-state index in [9.17, 15) is 14.4 Å². The second-order valence-corrected chi connectivity index (χ2v) is 7.04. The van der Waals surface area contributed by atoms with Gasteiger partial charge in [0.25, 0.3) is 0 Å². The van der Waals surface area contributed by atoms with E-state index in [1.165, 1.54) is 18.2 Å². The van der Waals surface area contributed by atoms with Crippen molar-refractivity contribution in [2.24, 2.45) is 0 Å². The molecule has 0 rings (SSSR count). The maximum atomic E-state index is 11.2. The third-order valence-electron chi connectivity index (χ3n) is 4.49. The Labute approximate surface area is 191 Å². The predicted octanol–water partition coefficient (Wildman–Crippen LogP) is 1.26. The van der Waals surface area contributed by atoms with Crippen molar-refractivity contribution in [2.75, 3.05) is 52.7 Å². The molecule has 9 nitrogen and oxygen atoms in total.